The molecule has 4 rings (SSSR count). The normalized spacial score (nSPS) is 13.6. The quantitative estimate of drug-likeness (QED) is 0.520. The predicted octanol–water partition coefficient (Wildman–Crippen LogP) is 3.79. The lowest BCUT2D eigenvalue weighted by Gasteiger charge is -2.36. The van der Waals surface area contributed by atoms with E-state index in [0.29, 0.717) is 38.3 Å². The van der Waals surface area contributed by atoms with Crippen LogP contribution in [0.2, 0.25) is 0 Å². The number of halogens is 1. The summed E-state index contributed by atoms with van der Waals surface area (Å²) in [6.07, 6.45) is 0.727. The Balaban J connectivity index is 1.33. The van der Waals surface area contributed by atoms with Crippen LogP contribution in [0.4, 0.5) is 10.2 Å². The van der Waals surface area contributed by atoms with Crippen molar-refractivity contribution in [3.05, 3.63) is 77.6 Å². The van der Waals surface area contributed by atoms with Gasteiger partial charge in [0.05, 0.1) is 5.69 Å². The molecule has 0 radical (unpaired) electrons. The highest BCUT2D eigenvalue weighted by molar-refractivity contribution is 5.96. The molecule has 0 atom stereocenters. The van der Waals surface area contributed by atoms with Crippen LogP contribution in [0.25, 0.3) is 11.3 Å². The van der Waals surface area contributed by atoms with Gasteiger partial charge in [0.25, 0.3) is 5.91 Å². The van der Waals surface area contributed by atoms with Gasteiger partial charge in [0.1, 0.15) is 12.4 Å². The van der Waals surface area contributed by atoms with Crippen molar-refractivity contribution in [2.45, 2.75) is 20.3 Å². The first-order valence-electron chi connectivity index (χ1n) is 11.9. The van der Waals surface area contributed by atoms with Gasteiger partial charge in [-0.15, -0.1) is 10.2 Å². The molecule has 182 valence electrons. The molecule has 8 heteroatoms. The second-order valence-electron chi connectivity index (χ2n) is 8.74. The van der Waals surface area contributed by atoms with E-state index < -0.39 is 5.82 Å². The number of anilines is 1. The van der Waals surface area contributed by atoms with E-state index in [1.54, 1.807) is 4.90 Å². The monoisotopic (exact) mass is 475 g/mol. The standard InChI is InChI=1S/C27H30FN5O2/c1-3-14-33(27(35)22-8-10-23(28)11-9-22)19-26(34)32-17-15-31(16-18-32)25-13-12-24(29-30-25)21-6-4-20(2)5-7-21/h4-13H,3,14-19H2,1-2H3. The fourth-order valence-corrected chi connectivity index (χ4v) is 4.12. The number of hydrogen-bond acceptors (Lipinski definition) is 5. The molecule has 0 saturated carbocycles. The highest BCUT2D eigenvalue weighted by Crippen LogP contribution is 2.20. The molecule has 2 aromatic carbocycles. The maximum Gasteiger partial charge on any atom is 0.254 e. The smallest absolute Gasteiger partial charge is 0.254 e. The summed E-state index contributed by atoms with van der Waals surface area (Å²) in [7, 11) is 0. The zero-order valence-electron chi connectivity index (χ0n) is 20.2. The molecule has 0 spiro atoms. The first kappa shape index (κ1) is 24.3. The van der Waals surface area contributed by atoms with Gasteiger partial charge in [0.15, 0.2) is 5.82 Å². The van der Waals surface area contributed by atoms with Crippen LogP contribution < -0.4 is 4.90 Å². The van der Waals surface area contributed by atoms with Crippen molar-refractivity contribution >= 4 is 17.6 Å². The molecule has 0 aliphatic carbocycles. The SMILES string of the molecule is CCCN(CC(=O)N1CCN(c2ccc(-c3ccc(C)cc3)nn2)CC1)C(=O)c1ccc(F)cc1. The molecular weight excluding hydrogens is 445 g/mol. The average molecular weight is 476 g/mol. The summed E-state index contributed by atoms with van der Waals surface area (Å²) >= 11 is 0. The molecule has 3 aromatic rings. The van der Waals surface area contributed by atoms with Gasteiger partial charge in [-0.25, -0.2) is 4.39 Å². The van der Waals surface area contributed by atoms with Crippen LogP contribution in [0.15, 0.2) is 60.7 Å². The molecule has 7 nitrogen and oxygen atoms in total. The van der Waals surface area contributed by atoms with E-state index in [-0.39, 0.29) is 18.4 Å². The van der Waals surface area contributed by atoms with Crippen molar-refractivity contribution in [1.29, 1.82) is 0 Å². The van der Waals surface area contributed by atoms with E-state index >= 15 is 0 Å². The molecule has 1 fully saturated rings. The Bertz CT molecular complexity index is 1140. The van der Waals surface area contributed by atoms with Crippen LogP contribution in [0, 0.1) is 12.7 Å². The minimum absolute atomic E-state index is 0.00903. The maximum absolute atomic E-state index is 13.2. The third kappa shape index (κ3) is 6.01. The van der Waals surface area contributed by atoms with Gasteiger partial charge in [-0.2, -0.15) is 0 Å². The molecule has 1 saturated heterocycles. The number of aromatic nitrogens is 2. The van der Waals surface area contributed by atoms with Gasteiger partial charge in [-0.05, 0) is 49.7 Å². The first-order valence-corrected chi connectivity index (χ1v) is 11.9. The number of nitrogens with zero attached hydrogens (tertiary/aromatic N) is 5. The summed E-state index contributed by atoms with van der Waals surface area (Å²) in [6, 6.07) is 17.5. The van der Waals surface area contributed by atoms with E-state index in [1.807, 2.05) is 38.1 Å². The third-order valence-electron chi connectivity index (χ3n) is 6.15. The molecular formula is C27H30FN5O2. The van der Waals surface area contributed by atoms with Crippen molar-refractivity contribution in [1.82, 2.24) is 20.0 Å². The van der Waals surface area contributed by atoms with E-state index in [2.05, 4.69) is 27.2 Å². The van der Waals surface area contributed by atoms with Crippen LogP contribution in [0.1, 0.15) is 29.3 Å². The molecule has 2 heterocycles. The van der Waals surface area contributed by atoms with E-state index in [1.165, 1.54) is 34.7 Å². The van der Waals surface area contributed by atoms with Gasteiger partial charge in [0.2, 0.25) is 5.91 Å². The molecule has 0 bridgehead atoms. The van der Waals surface area contributed by atoms with Crippen molar-refractivity contribution < 1.29 is 14.0 Å². The summed E-state index contributed by atoms with van der Waals surface area (Å²) in [5.41, 5.74) is 3.43. The summed E-state index contributed by atoms with van der Waals surface area (Å²) in [4.78, 5) is 31.3. The Morgan fingerprint density at radius 3 is 2.20 bits per heavy atom. The Morgan fingerprint density at radius 2 is 1.60 bits per heavy atom. The Kier molecular flexibility index (Phi) is 7.70. The second kappa shape index (κ2) is 11.1. The number of carbonyl (C=O) groups excluding carboxylic acids is 2. The first-order chi connectivity index (χ1) is 16.9. The Morgan fingerprint density at radius 1 is 0.914 bits per heavy atom. The molecule has 35 heavy (non-hydrogen) atoms. The van der Waals surface area contributed by atoms with Crippen LogP contribution >= 0.6 is 0 Å². The number of aryl methyl sites for hydroxylation is 1. The van der Waals surface area contributed by atoms with Crippen LogP contribution in [-0.2, 0) is 4.79 Å². The van der Waals surface area contributed by atoms with Crippen molar-refractivity contribution in [3.63, 3.8) is 0 Å². The summed E-state index contributed by atoms with van der Waals surface area (Å²) < 4.78 is 13.2. The van der Waals surface area contributed by atoms with Gasteiger partial charge >= 0.3 is 0 Å². The van der Waals surface area contributed by atoms with Gasteiger partial charge < -0.3 is 14.7 Å². The Hall–Kier alpha value is -3.81. The van der Waals surface area contributed by atoms with Crippen molar-refractivity contribution in [3.8, 4) is 11.3 Å². The molecule has 1 aliphatic heterocycles. The number of amides is 2. The lowest BCUT2D eigenvalue weighted by atomic mass is 10.1. The van der Waals surface area contributed by atoms with Crippen LogP contribution in [-0.4, -0.2) is 71.1 Å². The zero-order valence-corrected chi connectivity index (χ0v) is 20.2. The van der Waals surface area contributed by atoms with Gasteiger partial charge in [-0.3, -0.25) is 9.59 Å². The fourth-order valence-electron chi connectivity index (χ4n) is 4.12. The maximum atomic E-state index is 13.2. The van der Waals surface area contributed by atoms with Crippen LogP contribution in [0.3, 0.4) is 0 Å². The number of rotatable bonds is 7. The van der Waals surface area contributed by atoms with Gasteiger partial charge in [0, 0.05) is 43.9 Å². The second-order valence-corrected chi connectivity index (χ2v) is 8.74. The van der Waals surface area contributed by atoms with E-state index in [9.17, 15) is 14.0 Å². The average Bonchev–Trinajstić information content (AvgIpc) is 2.89. The minimum atomic E-state index is -0.396. The number of hydrogen-bond donors (Lipinski definition) is 0. The summed E-state index contributed by atoms with van der Waals surface area (Å²) in [5.74, 6) is 0.0382. The zero-order chi connectivity index (χ0) is 24.8. The molecule has 0 N–H and O–H groups in total. The number of benzene rings is 2. The predicted molar refractivity (Wildman–Crippen MR) is 134 cm³/mol. The van der Waals surface area contributed by atoms with Crippen molar-refractivity contribution in [2.75, 3.05) is 44.2 Å². The van der Waals surface area contributed by atoms with Crippen LogP contribution in [0.5, 0.6) is 0 Å². The fraction of sp³-hybridized carbons (Fsp3) is 0.333. The minimum Gasteiger partial charge on any atom is -0.352 e. The highest BCUT2D eigenvalue weighted by Gasteiger charge is 2.25. The molecule has 2 amide bonds. The molecule has 1 aliphatic rings. The van der Waals surface area contributed by atoms with Crippen molar-refractivity contribution in [2.24, 2.45) is 0 Å². The lowest BCUT2D eigenvalue weighted by Crippen LogP contribution is -2.52. The molecule has 0 unspecified atom stereocenters. The Labute approximate surface area is 205 Å². The topological polar surface area (TPSA) is 69.6 Å². The largest absolute Gasteiger partial charge is 0.352 e. The molecule has 1 aromatic heterocycles. The van der Waals surface area contributed by atoms with E-state index in [4.69, 9.17) is 0 Å². The third-order valence-corrected chi connectivity index (χ3v) is 6.15. The number of piperazine rings is 1. The van der Waals surface area contributed by atoms with Gasteiger partial charge in [-0.1, -0.05) is 36.8 Å². The lowest BCUT2D eigenvalue weighted by molar-refractivity contribution is -0.132. The highest BCUT2D eigenvalue weighted by atomic mass is 19.1. The van der Waals surface area contributed by atoms with E-state index in [0.717, 1.165) is 23.5 Å². The summed E-state index contributed by atoms with van der Waals surface area (Å²) in [6.45, 7) is 6.86. The summed E-state index contributed by atoms with van der Waals surface area (Å²) in [5, 5.41) is 8.78. The number of carbonyl (C=O) groups is 2.